The molecule has 0 aliphatic heterocycles. The van der Waals surface area contributed by atoms with Gasteiger partial charge in [-0.15, -0.1) is 5.23 Å². The lowest BCUT2D eigenvalue weighted by atomic mass is 10.1. The third-order valence-electron chi connectivity index (χ3n) is 3.64. The molecule has 0 saturated carbocycles. The number of aryl methyl sites for hydroxylation is 1. The number of esters is 1. The van der Waals surface area contributed by atoms with Crippen molar-refractivity contribution in [3.8, 4) is 28.7 Å². The Hall–Kier alpha value is -3.70. The Bertz CT molecular complexity index is 938. The number of carbonyl (C=O) groups is 2. The van der Waals surface area contributed by atoms with Crippen molar-refractivity contribution in [2.45, 2.75) is 6.92 Å². The van der Waals surface area contributed by atoms with Gasteiger partial charge in [0, 0.05) is 6.07 Å². The van der Waals surface area contributed by atoms with Gasteiger partial charge in [0.05, 0.1) is 19.8 Å². The van der Waals surface area contributed by atoms with Gasteiger partial charge in [-0.3, -0.25) is 10.4 Å². The Morgan fingerprint density at radius 2 is 1.71 bits per heavy atom. The van der Waals surface area contributed by atoms with Crippen molar-refractivity contribution in [3.63, 3.8) is 0 Å². The number of aromatic carboxylic acids is 1. The molecule has 0 saturated heterocycles. The minimum Gasteiger partial charge on any atom is -0.872 e. The standard InChI is InChI=1S/C17H17NO10/c1-7-4-8(19)12(16(21)22)10(5-7)28-15-11(26-2)6-9(20)14(18(24)25)13(15)17(23)27-3/h4-6,19-20,24-25H,1-3H3,(H,21,22)/p-1. The molecule has 0 spiro atoms. The summed E-state index contributed by atoms with van der Waals surface area (Å²) in [6.45, 7) is 1.52. The molecule has 28 heavy (non-hydrogen) atoms. The van der Waals surface area contributed by atoms with E-state index in [1.807, 2.05) is 0 Å². The fourth-order valence-corrected chi connectivity index (χ4v) is 2.49. The number of aromatic hydroxyl groups is 1. The molecular weight excluding hydrogens is 378 g/mol. The summed E-state index contributed by atoms with van der Waals surface area (Å²) < 4.78 is 15.1. The van der Waals surface area contributed by atoms with Crippen molar-refractivity contribution in [1.29, 1.82) is 0 Å². The molecule has 2 aromatic carbocycles. The first-order valence-corrected chi connectivity index (χ1v) is 7.55. The second kappa shape index (κ2) is 7.90. The summed E-state index contributed by atoms with van der Waals surface area (Å²) in [6, 6.07) is 3.21. The lowest BCUT2D eigenvalue weighted by molar-refractivity contribution is -0.269. The van der Waals surface area contributed by atoms with E-state index in [0.717, 1.165) is 26.4 Å². The minimum atomic E-state index is -1.58. The highest BCUT2D eigenvalue weighted by Crippen LogP contribution is 2.46. The predicted octanol–water partition coefficient (Wildman–Crippen LogP) is 1.64. The van der Waals surface area contributed by atoms with Crippen molar-refractivity contribution in [1.82, 2.24) is 0 Å². The first-order chi connectivity index (χ1) is 13.1. The molecule has 0 atom stereocenters. The van der Waals surface area contributed by atoms with E-state index in [-0.39, 0.29) is 5.75 Å². The number of rotatable bonds is 6. The van der Waals surface area contributed by atoms with Crippen LogP contribution in [0.25, 0.3) is 0 Å². The van der Waals surface area contributed by atoms with Gasteiger partial charge in [-0.1, -0.05) is 11.8 Å². The molecule has 2 rings (SSSR count). The first kappa shape index (κ1) is 20.6. The van der Waals surface area contributed by atoms with Crippen molar-refractivity contribution < 1.29 is 49.5 Å². The maximum atomic E-state index is 12.2. The van der Waals surface area contributed by atoms with Gasteiger partial charge < -0.3 is 29.5 Å². The SMILES string of the molecule is COC(=O)c1c(Oc2cc(C)cc([O-])c2C(=O)O)c(OC)cc(O)c1N(O)O. The lowest BCUT2D eigenvalue weighted by Gasteiger charge is -2.22. The molecule has 4 N–H and O–H groups in total. The summed E-state index contributed by atoms with van der Waals surface area (Å²) in [6.07, 6.45) is 0. The fourth-order valence-electron chi connectivity index (χ4n) is 2.49. The molecule has 0 aliphatic rings. The monoisotopic (exact) mass is 394 g/mol. The molecule has 0 amide bonds. The quantitative estimate of drug-likeness (QED) is 0.415. The van der Waals surface area contributed by atoms with Gasteiger partial charge in [-0.2, -0.15) is 0 Å². The van der Waals surface area contributed by atoms with Gasteiger partial charge in [-0.25, -0.2) is 9.59 Å². The van der Waals surface area contributed by atoms with Gasteiger partial charge >= 0.3 is 11.9 Å². The van der Waals surface area contributed by atoms with Gasteiger partial charge in [-0.05, 0) is 18.6 Å². The van der Waals surface area contributed by atoms with Gasteiger partial charge in [0.25, 0.3) is 0 Å². The number of hydrogen-bond donors (Lipinski definition) is 4. The van der Waals surface area contributed by atoms with Crippen molar-refractivity contribution in [3.05, 3.63) is 34.9 Å². The van der Waals surface area contributed by atoms with Crippen LogP contribution in [0.5, 0.6) is 28.7 Å². The van der Waals surface area contributed by atoms with Crippen molar-refractivity contribution in [2.24, 2.45) is 0 Å². The summed E-state index contributed by atoms with van der Waals surface area (Å²) >= 11 is 0. The number of benzene rings is 2. The van der Waals surface area contributed by atoms with Crippen LogP contribution in [0.4, 0.5) is 5.69 Å². The minimum absolute atomic E-state index is 0.270. The maximum absolute atomic E-state index is 12.2. The average Bonchev–Trinajstić information content (AvgIpc) is 2.60. The molecule has 0 fully saturated rings. The van der Waals surface area contributed by atoms with Gasteiger partial charge in [0.2, 0.25) is 0 Å². The van der Waals surface area contributed by atoms with E-state index in [0.29, 0.717) is 5.56 Å². The number of methoxy groups -OCH3 is 2. The number of phenols is 1. The molecule has 0 bridgehead atoms. The second-order valence-corrected chi connectivity index (χ2v) is 5.48. The summed E-state index contributed by atoms with van der Waals surface area (Å²) in [5.74, 6) is -5.58. The van der Waals surface area contributed by atoms with Crippen LogP contribution < -0.4 is 19.8 Å². The number of carboxylic acids is 1. The zero-order valence-electron chi connectivity index (χ0n) is 14.9. The largest absolute Gasteiger partial charge is 0.872 e. The predicted molar refractivity (Wildman–Crippen MR) is 89.7 cm³/mol. The maximum Gasteiger partial charge on any atom is 0.344 e. The number of phenolic OH excluding ortho intramolecular Hbond substituents is 1. The van der Waals surface area contributed by atoms with Crippen molar-refractivity contribution >= 4 is 17.6 Å². The van der Waals surface area contributed by atoms with E-state index in [2.05, 4.69) is 4.74 Å². The molecule has 0 unspecified atom stereocenters. The first-order valence-electron chi connectivity index (χ1n) is 7.55. The fraction of sp³-hybridized carbons (Fsp3) is 0.176. The van der Waals surface area contributed by atoms with Crippen molar-refractivity contribution in [2.75, 3.05) is 19.4 Å². The Morgan fingerprint density at radius 3 is 2.21 bits per heavy atom. The van der Waals surface area contributed by atoms with Crippen LogP contribution in [-0.4, -0.2) is 46.8 Å². The van der Waals surface area contributed by atoms with Crippen LogP contribution in [-0.2, 0) is 4.74 Å². The Balaban J connectivity index is 2.84. The Labute approximate surface area is 158 Å². The van der Waals surface area contributed by atoms with Crippen LogP contribution in [0.1, 0.15) is 26.3 Å². The number of carbonyl (C=O) groups excluding carboxylic acids is 1. The third kappa shape index (κ3) is 3.70. The molecule has 0 aliphatic carbocycles. The molecule has 0 heterocycles. The molecule has 11 nitrogen and oxygen atoms in total. The van der Waals surface area contributed by atoms with E-state index in [1.54, 1.807) is 0 Å². The number of ether oxygens (including phenoxy) is 3. The second-order valence-electron chi connectivity index (χ2n) is 5.48. The zero-order valence-corrected chi connectivity index (χ0v) is 14.9. The highest BCUT2D eigenvalue weighted by molar-refractivity contribution is 6.01. The third-order valence-corrected chi connectivity index (χ3v) is 3.64. The van der Waals surface area contributed by atoms with Crippen LogP contribution in [0.3, 0.4) is 0 Å². The Kier molecular flexibility index (Phi) is 5.81. The highest BCUT2D eigenvalue weighted by atomic mass is 16.8. The molecule has 0 radical (unpaired) electrons. The molecule has 150 valence electrons. The average molecular weight is 394 g/mol. The highest BCUT2D eigenvalue weighted by Gasteiger charge is 2.30. The Morgan fingerprint density at radius 1 is 1.07 bits per heavy atom. The van der Waals surface area contributed by atoms with E-state index in [9.17, 15) is 35.3 Å². The normalized spacial score (nSPS) is 10.3. The molecule has 11 heteroatoms. The molecule has 0 aromatic heterocycles. The van der Waals surface area contributed by atoms with Crippen LogP contribution in [0.2, 0.25) is 0 Å². The van der Waals surface area contributed by atoms with Crippen LogP contribution >= 0.6 is 0 Å². The van der Waals surface area contributed by atoms with E-state index < -0.39 is 57.0 Å². The summed E-state index contributed by atoms with van der Waals surface area (Å²) in [4.78, 5) is 23.7. The number of carboxylic acid groups (broad SMARTS) is 1. The zero-order chi connectivity index (χ0) is 21.2. The van der Waals surface area contributed by atoms with E-state index in [4.69, 9.17) is 9.47 Å². The summed E-state index contributed by atoms with van der Waals surface area (Å²) in [7, 11) is 2.14. The smallest absolute Gasteiger partial charge is 0.344 e. The number of hydrogen-bond acceptors (Lipinski definition) is 10. The lowest BCUT2D eigenvalue weighted by Crippen LogP contribution is -2.18. The molecular formula is C17H16NO10-. The van der Waals surface area contributed by atoms with Gasteiger partial charge in [0.1, 0.15) is 17.1 Å². The molecule has 2 aromatic rings. The number of anilines is 1. The van der Waals surface area contributed by atoms with Crippen LogP contribution in [0.15, 0.2) is 18.2 Å². The van der Waals surface area contributed by atoms with Crippen LogP contribution in [0, 0.1) is 6.92 Å². The van der Waals surface area contributed by atoms with E-state index >= 15 is 0 Å². The number of nitrogens with zero attached hydrogens (tertiary/aromatic N) is 1. The van der Waals surface area contributed by atoms with Gasteiger partial charge in [0.15, 0.2) is 17.2 Å². The summed E-state index contributed by atoms with van der Waals surface area (Å²) in [5.41, 5.74) is -1.85. The topological polar surface area (TPSA) is 169 Å². The summed E-state index contributed by atoms with van der Waals surface area (Å²) in [5, 5.41) is 49.6. The van der Waals surface area contributed by atoms with E-state index in [1.165, 1.54) is 13.0 Å².